The number of Topliss-reactive ketones (excluding diaryl/α,β-unsaturated/α-hetero) is 1. The number of hydrogen-bond acceptors (Lipinski definition) is 3. The minimum absolute atomic E-state index is 0.0182. The van der Waals surface area contributed by atoms with Gasteiger partial charge in [0.2, 0.25) is 0 Å². The summed E-state index contributed by atoms with van der Waals surface area (Å²) >= 11 is 0. The van der Waals surface area contributed by atoms with Crippen LogP contribution in [0.1, 0.15) is 30.4 Å². The number of benzene rings is 2. The summed E-state index contributed by atoms with van der Waals surface area (Å²) in [6.07, 6.45) is 6.00. The van der Waals surface area contributed by atoms with Crippen LogP contribution in [-0.2, 0) is 4.79 Å². The van der Waals surface area contributed by atoms with Crippen molar-refractivity contribution in [2.24, 2.45) is 10.2 Å². The molecule has 7 nitrogen and oxygen atoms in total. The largest absolute Gasteiger partial charge is 0.289 e. The monoisotopic (exact) mass is 356 g/mol. The van der Waals surface area contributed by atoms with E-state index in [1.54, 1.807) is 36.4 Å². The minimum atomic E-state index is 0.0182. The van der Waals surface area contributed by atoms with E-state index in [0.717, 1.165) is 28.7 Å². The maximum absolute atomic E-state index is 12.9. The quantitative estimate of drug-likeness (QED) is 0.255. The van der Waals surface area contributed by atoms with Crippen molar-refractivity contribution in [1.82, 2.24) is 0 Å². The van der Waals surface area contributed by atoms with Gasteiger partial charge in [-0.1, -0.05) is 46.6 Å². The topological polar surface area (TPSA) is 115 Å². The highest BCUT2D eigenvalue weighted by Crippen LogP contribution is 2.29. The van der Waals surface area contributed by atoms with Gasteiger partial charge >= 0.3 is 0 Å². The number of carbonyl (C=O) groups excluding carboxylic acids is 1. The molecule has 0 N–H and O–H groups in total. The molecule has 1 saturated carbocycles. The number of carbonyl (C=O) groups is 1. The predicted octanol–water partition coefficient (Wildman–Crippen LogP) is 6.79. The Hall–Kier alpha value is -3.79. The molecular weight excluding hydrogens is 340 g/mol. The molecule has 27 heavy (non-hydrogen) atoms. The molecule has 0 aromatic heterocycles. The number of allylic oxidation sites excluding steroid dienone is 2. The third kappa shape index (κ3) is 4.64. The number of rotatable bonds is 4. The van der Waals surface area contributed by atoms with Gasteiger partial charge in [-0.05, 0) is 65.7 Å². The van der Waals surface area contributed by atoms with Gasteiger partial charge in [-0.2, -0.15) is 0 Å². The minimum Gasteiger partial charge on any atom is -0.289 e. The molecule has 132 valence electrons. The lowest BCUT2D eigenvalue weighted by Gasteiger charge is -2.16. The number of azide groups is 2. The molecule has 0 radical (unpaired) electrons. The molecule has 0 spiro atoms. The van der Waals surface area contributed by atoms with Crippen LogP contribution in [0.4, 0.5) is 11.4 Å². The average molecular weight is 356 g/mol. The van der Waals surface area contributed by atoms with Crippen LogP contribution in [0.5, 0.6) is 0 Å². The molecule has 0 aliphatic heterocycles. The van der Waals surface area contributed by atoms with Crippen molar-refractivity contribution in [3.05, 3.63) is 91.7 Å². The van der Waals surface area contributed by atoms with Crippen LogP contribution in [-0.4, -0.2) is 5.78 Å². The normalized spacial score (nSPS) is 16.7. The Morgan fingerprint density at radius 3 is 1.74 bits per heavy atom. The summed E-state index contributed by atoms with van der Waals surface area (Å²) in [4.78, 5) is 18.4. The van der Waals surface area contributed by atoms with Crippen molar-refractivity contribution >= 4 is 29.3 Å². The van der Waals surface area contributed by atoms with E-state index in [2.05, 4.69) is 20.1 Å². The van der Waals surface area contributed by atoms with Crippen molar-refractivity contribution in [2.45, 2.75) is 19.3 Å². The van der Waals surface area contributed by atoms with Crippen molar-refractivity contribution in [3.8, 4) is 0 Å². The Kier molecular flexibility index (Phi) is 5.70. The zero-order valence-corrected chi connectivity index (χ0v) is 14.5. The van der Waals surface area contributed by atoms with Crippen LogP contribution in [0.15, 0.2) is 69.9 Å². The predicted molar refractivity (Wildman–Crippen MR) is 105 cm³/mol. The van der Waals surface area contributed by atoms with E-state index in [-0.39, 0.29) is 5.78 Å². The second kappa shape index (κ2) is 8.54. The highest BCUT2D eigenvalue weighted by atomic mass is 16.1. The fraction of sp³-hybridized carbons (Fsp3) is 0.150. The number of ketones is 1. The standard InChI is InChI=1S/C20H16N6O/c21-25-23-18-8-1-4-14(12-18)10-16-6-3-7-17(20(16)27)11-15-5-2-9-19(13-15)24-26-22/h1-2,4-5,8-13H,3,6-7H2. The molecule has 1 aliphatic carbocycles. The molecule has 2 aromatic rings. The first-order chi connectivity index (χ1) is 13.2. The van der Waals surface area contributed by atoms with E-state index in [4.69, 9.17) is 11.1 Å². The second-order valence-corrected chi connectivity index (χ2v) is 6.09. The van der Waals surface area contributed by atoms with Gasteiger partial charge in [-0.3, -0.25) is 4.79 Å². The van der Waals surface area contributed by atoms with Gasteiger partial charge in [0.25, 0.3) is 0 Å². The molecule has 1 aliphatic rings. The van der Waals surface area contributed by atoms with Gasteiger partial charge < -0.3 is 0 Å². The van der Waals surface area contributed by atoms with Gasteiger partial charge in [-0.25, -0.2) is 0 Å². The second-order valence-electron chi connectivity index (χ2n) is 6.09. The summed E-state index contributed by atoms with van der Waals surface area (Å²) in [5.74, 6) is 0.0182. The highest BCUT2D eigenvalue weighted by Gasteiger charge is 2.20. The molecule has 0 amide bonds. The summed E-state index contributed by atoms with van der Waals surface area (Å²) in [5.41, 5.74) is 21.3. The molecule has 3 rings (SSSR count). The first kappa shape index (κ1) is 18.0. The molecular formula is C20H16N6O. The van der Waals surface area contributed by atoms with Crippen LogP contribution in [0.2, 0.25) is 0 Å². The van der Waals surface area contributed by atoms with E-state index < -0.39 is 0 Å². The molecule has 0 bridgehead atoms. The SMILES string of the molecule is [N-]=[N+]=Nc1cccc(C=C2CCCC(=Cc3cccc(N=[N+]=[N-])c3)C2=O)c1. The number of nitrogens with zero attached hydrogens (tertiary/aromatic N) is 6. The van der Waals surface area contributed by atoms with Crippen LogP contribution >= 0.6 is 0 Å². The van der Waals surface area contributed by atoms with E-state index >= 15 is 0 Å². The Morgan fingerprint density at radius 2 is 1.30 bits per heavy atom. The summed E-state index contributed by atoms with van der Waals surface area (Å²) in [6, 6.07) is 14.3. The third-order valence-electron chi connectivity index (χ3n) is 4.22. The Bertz CT molecular complexity index is 958. The molecule has 7 heteroatoms. The molecule has 1 fully saturated rings. The molecule has 0 atom stereocenters. The summed E-state index contributed by atoms with van der Waals surface area (Å²) in [5, 5.41) is 7.19. The Balaban J connectivity index is 1.89. The van der Waals surface area contributed by atoms with Gasteiger partial charge in [0.05, 0.1) is 0 Å². The van der Waals surface area contributed by atoms with Gasteiger partial charge in [0.1, 0.15) is 0 Å². The van der Waals surface area contributed by atoms with Crippen LogP contribution < -0.4 is 0 Å². The Labute approximate surface area is 155 Å². The highest BCUT2D eigenvalue weighted by molar-refractivity contribution is 6.14. The lowest BCUT2D eigenvalue weighted by Crippen LogP contribution is -2.12. The smallest absolute Gasteiger partial charge is 0.185 e. The first-order valence-corrected chi connectivity index (χ1v) is 8.46. The van der Waals surface area contributed by atoms with Crippen LogP contribution in [0, 0.1) is 0 Å². The van der Waals surface area contributed by atoms with Crippen LogP contribution in [0.25, 0.3) is 33.0 Å². The van der Waals surface area contributed by atoms with Gasteiger partial charge in [-0.15, -0.1) is 0 Å². The van der Waals surface area contributed by atoms with Crippen molar-refractivity contribution in [2.75, 3.05) is 0 Å². The third-order valence-corrected chi connectivity index (χ3v) is 4.22. The fourth-order valence-corrected chi connectivity index (χ4v) is 3.04. The molecule has 0 unspecified atom stereocenters. The lowest BCUT2D eigenvalue weighted by atomic mass is 9.87. The van der Waals surface area contributed by atoms with E-state index in [9.17, 15) is 4.79 Å². The molecule has 0 heterocycles. The average Bonchev–Trinajstić information content (AvgIpc) is 2.66. The van der Waals surface area contributed by atoms with Crippen LogP contribution in [0.3, 0.4) is 0 Å². The van der Waals surface area contributed by atoms with Gasteiger partial charge in [0, 0.05) is 32.3 Å². The molecule has 0 saturated heterocycles. The summed E-state index contributed by atoms with van der Waals surface area (Å²) < 4.78 is 0. The number of hydrogen-bond donors (Lipinski definition) is 0. The summed E-state index contributed by atoms with van der Waals surface area (Å²) in [7, 11) is 0. The van der Waals surface area contributed by atoms with Crippen molar-refractivity contribution < 1.29 is 4.79 Å². The van der Waals surface area contributed by atoms with E-state index in [1.807, 2.05) is 24.3 Å². The van der Waals surface area contributed by atoms with Gasteiger partial charge in [0.15, 0.2) is 5.78 Å². The zero-order chi connectivity index (χ0) is 19.1. The lowest BCUT2D eigenvalue weighted by molar-refractivity contribution is -0.112. The Morgan fingerprint density at radius 1 is 0.815 bits per heavy atom. The van der Waals surface area contributed by atoms with Crippen molar-refractivity contribution in [3.63, 3.8) is 0 Å². The molecule has 2 aromatic carbocycles. The van der Waals surface area contributed by atoms with E-state index in [0.29, 0.717) is 24.2 Å². The summed E-state index contributed by atoms with van der Waals surface area (Å²) in [6.45, 7) is 0. The zero-order valence-electron chi connectivity index (χ0n) is 14.5. The van der Waals surface area contributed by atoms with Crippen molar-refractivity contribution in [1.29, 1.82) is 0 Å². The van der Waals surface area contributed by atoms with E-state index in [1.165, 1.54) is 0 Å². The maximum atomic E-state index is 12.9. The maximum Gasteiger partial charge on any atom is 0.185 e. The fourth-order valence-electron chi connectivity index (χ4n) is 3.04. The first-order valence-electron chi connectivity index (χ1n) is 8.46.